The fraction of sp³-hybridized carbons (Fsp3) is 0.778. The smallest absolute Gasteiger partial charge is 0.370 e. The first-order chi connectivity index (χ1) is 6.99. The van der Waals surface area contributed by atoms with Gasteiger partial charge in [0.05, 0.1) is 0 Å². The van der Waals surface area contributed by atoms with E-state index < -0.39 is 17.3 Å². The van der Waals surface area contributed by atoms with E-state index in [0.29, 0.717) is 6.61 Å². The van der Waals surface area contributed by atoms with Gasteiger partial charge in [-0.1, -0.05) is 13.8 Å². The number of alkyl halides is 1. The summed E-state index contributed by atoms with van der Waals surface area (Å²) < 4.78 is 4.74. The molecule has 0 aromatic carbocycles. The summed E-state index contributed by atoms with van der Waals surface area (Å²) >= 11 is 5.66. The Morgan fingerprint density at radius 3 is 2.33 bits per heavy atom. The average Bonchev–Trinajstić information content (AvgIpc) is 2.21. The van der Waals surface area contributed by atoms with E-state index in [1.54, 1.807) is 20.8 Å². The molecule has 0 spiro atoms. The molecule has 5 nitrogen and oxygen atoms in total. The third-order valence-corrected chi connectivity index (χ3v) is 2.13. The molecule has 0 fully saturated rings. The van der Waals surface area contributed by atoms with Crippen LogP contribution >= 0.6 is 11.6 Å². The van der Waals surface area contributed by atoms with Crippen molar-refractivity contribution in [3.8, 4) is 0 Å². The standard InChI is InChI=1S/C9H15ClO5/c1-4-13-5-7(11)14-15-9(12)8(10)6(2)3/h6,8H,4-5H2,1-3H3. The van der Waals surface area contributed by atoms with Gasteiger partial charge in [0.25, 0.3) is 0 Å². The van der Waals surface area contributed by atoms with Crippen LogP contribution in [0.15, 0.2) is 0 Å². The quantitative estimate of drug-likeness (QED) is 0.410. The van der Waals surface area contributed by atoms with E-state index in [2.05, 4.69) is 9.78 Å². The van der Waals surface area contributed by atoms with Gasteiger partial charge in [-0.25, -0.2) is 19.4 Å². The summed E-state index contributed by atoms with van der Waals surface area (Å²) in [5.74, 6) is -1.64. The molecule has 0 saturated carbocycles. The number of carbonyl (C=O) groups excluding carboxylic acids is 2. The van der Waals surface area contributed by atoms with Gasteiger partial charge in [-0.05, 0) is 12.8 Å². The zero-order valence-electron chi connectivity index (χ0n) is 8.99. The predicted octanol–water partition coefficient (Wildman–Crippen LogP) is 1.29. The van der Waals surface area contributed by atoms with Gasteiger partial charge in [0.1, 0.15) is 12.0 Å². The van der Waals surface area contributed by atoms with Gasteiger partial charge >= 0.3 is 11.9 Å². The molecule has 0 aliphatic rings. The minimum atomic E-state index is -0.829. The van der Waals surface area contributed by atoms with Crippen molar-refractivity contribution in [1.82, 2.24) is 0 Å². The van der Waals surface area contributed by atoms with Crippen molar-refractivity contribution in [3.63, 3.8) is 0 Å². The van der Waals surface area contributed by atoms with E-state index in [9.17, 15) is 9.59 Å². The predicted molar refractivity (Wildman–Crippen MR) is 53.2 cm³/mol. The van der Waals surface area contributed by atoms with Crippen LogP contribution in [0.25, 0.3) is 0 Å². The molecule has 0 saturated heterocycles. The zero-order valence-corrected chi connectivity index (χ0v) is 9.74. The molecule has 6 heteroatoms. The fourth-order valence-corrected chi connectivity index (χ4v) is 0.651. The van der Waals surface area contributed by atoms with Gasteiger partial charge in [-0.2, -0.15) is 0 Å². The number of hydrogen-bond acceptors (Lipinski definition) is 5. The Morgan fingerprint density at radius 2 is 1.87 bits per heavy atom. The second kappa shape index (κ2) is 7.48. The molecule has 15 heavy (non-hydrogen) atoms. The van der Waals surface area contributed by atoms with Crippen LogP contribution in [0.3, 0.4) is 0 Å². The van der Waals surface area contributed by atoms with Gasteiger partial charge in [0, 0.05) is 6.61 Å². The number of halogens is 1. The van der Waals surface area contributed by atoms with Gasteiger partial charge in [0.2, 0.25) is 0 Å². The Hall–Kier alpha value is -0.810. The first-order valence-corrected chi connectivity index (χ1v) is 5.05. The molecule has 0 heterocycles. The maximum absolute atomic E-state index is 11.1. The molecule has 0 amide bonds. The third kappa shape index (κ3) is 6.30. The molecule has 0 aromatic heterocycles. The second-order valence-corrected chi connectivity index (χ2v) is 3.61. The fourth-order valence-electron chi connectivity index (χ4n) is 0.615. The molecular formula is C9H15ClO5. The Kier molecular flexibility index (Phi) is 7.07. The van der Waals surface area contributed by atoms with Gasteiger partial charge in [-0.3, -0.25) is 0 Å². The Bertz CT molecular complexity index is 217. The van der Waals surface area contributed by atoms with Crippen molar-refractivity contribution in [2.75, 3.05) is 13.2 Å². The van der Waals surface area contributed by atoms with Gasteiger partial charge in [-0.15, -0.1) is 11.6 Å². The van der Waals surface area contributed by atoms with Crippen molar-refractivity contribution in [1.29, 1.82) is 0 Å². The van der Waals surface area contributed by atoms with Crippen LogP contribution in [0.5, 0.6) is 0 Å². The van der Waals surface area contributed by atoms with E-state index in [0.717, 1.165) is 0 Å². The summed E-state index contributed by atoms with van der Waals surface area (Å²) in [7, 11) is 0. The van der Waals surface area contributed by atoms with Crippen LogP contribution in [-0.2, 0) is 24.1 Å². The lowest BCUT2D eigenvalue weighted by molar-refractivity contribution is -0.261. The third-order valence-electron chi connectivity index (χ3n) is 1.45. The van der Waals surface area contributed by atoms with Crippen LogP contribution in [0.4, 0.5) is 0 Å². The van der Waals surface area contributed by atoms with E-state index in [1.807, 2.05) is 0 Å². The van der Waals surface area contributed by atoms with Crippen molar-refractivity contribution in [2.45, 2.75) is 26.1 Å². The Morgan fingerprint density at radius 1 is 1.27 bits per heavy atom. The number of ether oxygens (including phenoxy) is 1. The molecule has 0 rings (SSSR count). The first-order valence-electron chi connectivity index (χ1n) is 4.62. The molecule has 0 bridgehead atoms. The molecule has 1 unspecified atom stereocenters. The normalized spacial score (nSPS) is 12.3. The summed E-state index contributed by atoms with van der Waals surface area (Å²) in [5, 5.41) is -0.829. The highest BCUT2D eigenvalue weighted by molar-refractivity contribution is 6.30. The second-order valence-electron chi connectivity index (χ2n) is 3.14. The first kappa shape index (κ1) is 14.2. The van der Waals surface area contributed by atoms with E-state index >= 15 is 0 Å². The molecule has 1 atom stereocenters. The van der Waals surface area contributed by atoms with Gasteiger partial charge in [0.15, 0.2) is 0 Å². The molecule has 0 radical (unpaired) electrons. The zero-order chi connectivity index (χ0) is 11.8. The summed E-state index contributed by atoms with van der Waals surface area (Å²) in [5.41, 5.74) is 0. The summed E-state index contributed by atoms with van der Waals surface area (Å²) in [6, 6.07) is 0. The van der Waals surface area contributed by atoms with Crippen LogP contribution in [-0.4, -0.2) is 30.5 Å². The van der Waals surface area contributed by atoms with Crippen LogP contribution < -0.4 is 0 Å². The van der Waals surface area contributed by atoms with Crippen molar-refractivity contribution >= 4 is 23.5 Å². The highest BCUT2D eigenvalue weighted by atomic mass is 35.5. The van der Waals surface area contributed by atoms with Crippen LogP contribution in [0, 0.1) is 5.92 Å². The topological polar surface area (TPSA) is 61.8 Å². The SMILES string of the molecule is CCOCC(=O)OOC(=O)C(Cl)C(C)C. The Balaban J connectivity index is 3.75. The van der Waals surface area contributed by atoms with Crippen molar-refractivity contribution < 1.29 is 24.1 Å². The lowest BCUT2D eigenvalue weighted by atomic mass is 10.1. The maximum atomic E-state index is 11.1. The number of rotatable bonds is 5. The minimum Gasteiger partial charge on any atom is -0.370 e. The average molecular weight is 239 g/mol. The molecule has 0 aliphatic heterocycles. The minimum absolute atomic E-state index is 0.0928. The lowest BCUT2D eigenvalue weighted by Gasteiger charge is -2.10. The monoisotopic (exact) mass is 238 g/mol. The molecule has 0 aromatic rings. The molecule has 0 N–H and O–H groups in total. The Labute approximate surface area is 93.6 Å². The number of hydrogen-bond donors (Lipinski definition) is 0. The largest absolute Gasteiger partial charge is 0.380 e. The van der Waals surface area contributed by atoms with E-state index in [4.69, 9.17) is 16.3 Å². The summed E-state index contributed by atoms with van der Waals surface area (Å²) in [6.07, 6.45) is 0. The van der Waals surface area contributed by atoms with Crippen LogP contribution in [0.1, 0.15) is 20.8 Å². The van der Waals surface area contributed by atoms with Crippen molar-refractivity contribution in [3.05, 3.63) is 0 Å². The van der Waals surface area contributed by atoms with Crippen molar-refractivity contribution in [2.24, 2.45) is 5.92 Å². The van der Waals surface area contributed by atoms with Gasteiger partial charge < -0.3 is 4.74 Å². The van der Waals surface area contributed by atoms with Crippen LogP contribution in [0.2, 0.25) is 0 Å². The summed E-state index contributed by atoms with van der Waals surface area (Å²) in [4.78, 5) is 30.3. The van der Waals surface area contributed by atoms with E-state index in [1.165, 1.54) is 0 Å². The highest BCUT2D eigenvalue weighted by Crippen LogP contribution is 2.11. The highest BCUT2D eigenvalue weighted by Gasteiger charge is 2.23. The molecular weight excluding hydrogens is 224 g/mol. The molecule has 0 aliphatic carbocycles. The number of carbonyl (C=O) groups is 2. The maximum Gasteiger partial charge on any atom is 0.380 e. The lowest BCUT2D eigenvalue weighted by Crippen LogP contribution is -2.25. The van der Waals surface area contributed by atoms with E-state index in [-0.39, 0.29) is 12.5 Å². The molecule has 88 valence electrons. The summed E-state index contributed by atoms with van der Waals surface area (Å²) in [6.45, 7) is 5.36.